The van der Waals surface area contributed by atoms with Crippen LogP contribution >= 0.6 is 12.6 Å². The van der Waals surface area contributed by atoms with Crippen molar-refractivity contribution < 1.29 is 24.5 Å². The lowest BCUT2D eigenvalue weighted by Gasteiger charge is -2.48. The summed E-state index contributed by atoms with van der Waals surface area (Å²) in [7, 11) is 0. The summed E-state index contributed by atoms with van der Waals surface area (Å²) in [6.07, 6.45) is 2.32. The second-order valence-electron chi connectivity index (χ2n) is 8.10. The molecule has 3 atom stereocenters. The maximum absolute atomic E-state index is 13.7. The predicted octanol–water partition coefficient (Wildman–Crippen LogP) is 2.71. The second kappa shape index (κ2) is 13.0. The highest BCUT2D eigenvalue weighted by Gasteiger charge is 2.52. The molecule has 32 heavy (non-hydrogen) atoms. The first-order chi connectivity index (χ1) is 15.4. The fourth-order valence-corrected chi connectivity index (χ4v) is 4.33. The summed E-state index contributed by atoms with van der Waals surface area (Å²) in [5, 5.41) is 22.8. The van der Waals surface area contributed by atoms with E-state index in [4.69, 9.17) is 4.74 Å². The van der Waals surface area contributed by atoms with Crippen LogP contribution < -0.4 is 5.32 Å². The molecular formula is C24H36N2O5S. The highest BCUT2D eigenvalue weighted by Crippen LogP contribution is 2.34. The summed E-state index contributed by atoms with van der Waals surface area (Å²) in [4.78, 5) is 28.4. The number of ether oxygens (including phenoxy) is 1. The summed E-state index contributed by atoms with van der Waals surface area (Å²) >= 11 is 4.23. The maximum atomic E-state index is 13.7. The van der Waals surface area contributed by atoms with Crippen LogP contribution in [-0.2, 0) is 16.1 Å². The molecule has 1 unspecified atom stereocenters. The van der Waals surface area contributed by atoms with Gasteiger partial charge < -0.3 is 20.3 Å². The molecule has 1 saturated heterocycles. The number of aliphatic hydroxyl groups excluding tert-OH is 2. The molecule has 0 saturated carbocycles. The number of unbranched alkanes of at least 4 members (excludes halogenated alkanes) is 1. The lowest BCUT2D eigenvalue weighted by atomic mass is 9.77. The van der Waals surface area contributed by atoms with Gasteiger partial charge in [-0.3, -0.25) is 9.69 Å². The summed E-state index contributed by atoms with van der Waals surface area (Å²) in [5.41, 5.74) is 0.288. The minimum Gasteiger partial charge on any atom is -0.445 e. The molecule has 3 N–H and O–H groups in total. The number of piperazine rings is 1. The first kappa shape index (κ1) is 26.4. The van der Waals surface area contributed by atoms with Crippen molar-refractivity contribution in [3.63, 3.8) is 0 Å². The number of ketones is 1. The molecule has 1 amide bonds. The van der Waals surface area contributed by atoms with Gasteiger partial charge in [-0.15, -0.1) is 0 Å². The largest absolute Gasteiger partial charge is 0.445 e. The Hall–Kier alpha value is -1.87. The molecule has 0 aromatic heterocycles. The van der Waals surface area contributed by atoms with E-state index in [1.807, 2.05) is 43.3 Å². The van der Waals surface area contributed by atoms with Gasteiger partial charge in [0.15, 0.2) is 5.78 Å². The second-order valence-corrected chi connectivity index (χ2v) is 8.83. The van der Waals surface area contributed by atoms with E-state index in [0.717, 1.165) is 24.0 Å². The fraction of sp³-hybridized carbons (Fsp3) is 0.583. The van der Waals surface area contributed by atoms with Gasteiger partial charge in [-0.1, -0.05) is 49.8 Å². The molecule has 1 aromatic rings. The predicted molar refractivity (Wildman–Crippen MR) is 128 cm³/mol. The van der Waals surface area contributed by atoms with Gasteiger partial charge in [0.25, 0.3) is 0 Å². The number of benzene rings is 1. The Bertz CT molecular complexity index is 773. The lowest BCUT2D eigenvalue weighted by molar-refractivity contribution is -0.138. The molecule has 0 aliphatic carbocycles. The Labute approximate surface area is 196 Å². The summed E-state index contributed by atoms with van der Waals surface area (Å²) in [6.45, 7) is 4.75. The van der Waals surface area contributed by atoms with Crippen molar-refractivity contribution in [2.75, 3.05) is 26.2 Å². The van der Waals surface area contributed by atoms with Crippen LogP contribution in [0.5, 0.6) is 0 Å². The van der Waals surface area contributed by atoms with E-state index in [1.54, 1.807) is 0 Å². The number of thiol groups is 1. The van der Waals surface area contributed by atoms with Crippen molar-refractivity contribution >= 4 is 24.5 Å². The van der Waals surface area contributed by atoms with E-state index in [0.29, 0.717) is 13.0 Å². The number of allylic oxidation sites excluding steroid dienone is 1. The van der Waals surface area contributed by atoms with E-state index in [9.17, 15) is 19.8 Å². The Morgan fingerprint density at radius 3 is 2.69 bits per heavy atom. The van der Waals surface area contributed by atoms with Gasteiger partial charge in [0.1, 0.15) is 18.2 Å². The number of carbonyl (C=O) groups excluding carboxylic acids is 2. The van der Waals surface area contributed by atoms with Crippen LogP contribution in [0.1, 0.15) is 45.1 Å². The Balaban J connectivity index is 2.38. The molecule has 1 aliphatic heterocycles. The molecule has 8 heteroatoms. The zero-order chi connectivity index (χ0) is 23.6. The molecule has 2 rings (SSSR count). The van der Waals surface area contributed by atoms with Crippen molar-refractivity contribution in [3.8, 4) is 0 Å². The van der Waals surface area contributed by atoms with Crippen molar-refractivity contribution in [1.29, 1.82) is 0 Å². The van der Waals surface area contributed by atoms with E-state index in [1.165, 1.54) is 4.90 Å². The first-order valence-electron chi connectivity index (χ1n) is 11.3. The number of nitrogens with zero attached hydrogens (tertiary/aromatic N) is 1. The number of Topliss-reactive ketones (excluding diaryl/α,β-unsaturated/α-hetero) is 1. The maximum Gasteiger partial charge on any atom is 0.411 e. The number of carbonyl (C=O) groups is 2. The quantitative estimate of drug-likeness (QED) is 0.297. The van der Waals surface area contributed by atoms with Crippen LogP contribution in [0, 0.1) is 0 Å². The highest BCUT2D eigenvalue weighted by atomic mass is 32.1. The smallest absolute Gasteiger partial charge is 0.411 e. The monoisotopic (exact) mass is 464 g/mol. The van der Waals surface area contributed by atoms with E-state index in [2.05, 4.69) is 24.9 Å². The Morgan fingerprint density at radius 2 is 2.06 bits per heavy atom. The van der Waals surface area contributed by atoms with Gasteiger partial charge in [-0.05, 0) is 37.3 Å². The van der Waals surface area contributed by atoms with Crippen molar-refractivity contribution in [2.45, 2.75) is 63.0 Å². The molecule has 178 valence electrons. The van der Waals surface area contributed by atoms with Gasteiger partial charge in [-0.2, -0.15) is 12.6 Å². The standard InChI is InChI=1S/C24H36N2O5S/c1-3-5-11-19(4-2)24(22(29)21(28)14-20(32)15-27)17-25-12-13-26(24)23(30)31-16-18-9-7-6-8-10-18/h4,6-10,20-21,25,27-28,32H,3,5,11-17H2,1-2H3/t20-,21-,24?/m1/s1. The topological polar surface area (TPSA) is 99.1 Å². The summed E-state index contributed by atoms with van der Waals surface area (Å²) in [5.74, 6) is -0.474. The average Bonchev–Trinajstić information content (AvgIpc) is 2.83. The van der Waals surface area contributed by atoms with Gasteiger partial charge in [0.05, 0.1) is 6.61 Å². The first-order valence-corrected chi connectivity index (χ1v) is 11.8. The van der Waals surface area contributed by atoms with Crippen molar-refractivity contribution in [1.82, 2.24) is 10.2 Å². The minimum atomic E-state index is -1.37. The van der Waals surface area contributed by atoms with Crippen LogP contribution in [-0.4, -0.2) is 70.1 Å². The zero-order valence-electron chi connectivity index (χ0n) is 19.0. The third kappa shape index (κ3) is 6.34. The van der Waals surface area contributed by atoms with Crippen LogP contribution in [0.4, 0.5) is 4.79 Å². The molecular weight excluding hydrogens is 428 g/mol. The SMILES string of the molecule is CC=C(CCCC)C1(C(=O)[C@H](O)C[C@@H](S)CO)CNCCN1C(=O)OCc1ccccc1. The van der Waals surface area contributed by atoms with Crippen molar-refractivity contribution in [2.24, 2.45) is 0 Å². The molecule has 1 heterocycles. The summed E-state index contributed by atoms with van der Waals surface area (Å²) in [6, 6.07) is 9.37. The molecule has 1 aliphatic rings. The number of aliphatic hydroxyl groups is 2. The number of rotatable bonds is 11. The number of hydrogen-bond donors (Lipinski definition) is 4. The lowest BCUT2D eigenvalue weighted by Crippen LogP contribution is -2.69. The third-order valence-electron chi connectivity index (χ3n) is 5.88. The molecule has 0 bridgehead atoms. The van der Waals surface area contributed by atoms with E-state index >= 15 is 0 Å². The normalized spacial score (nSPS) is 21.2. The average molecular weight is 465 g/mol. The van der Waals surface area contributed by atoms with Crippen LogP contribution in [0.3, 0.4) is 0 Å². The summed E-state index contributed by atoms with van der Waals surface area (Å²) < 4.78 is 5.60. The fourth-order valence-electron chi connectivity index (χ4n) is 4.13. The Kier molecular flexibility index (Phi) is 10.7. The number of hydrogen-bond acceptors (Lipinski definition) is 7. The number of amides is 1. The van der Waals surface area contributed by atoms with E-state index < -0.39 is 28.8 Å². The van der Waals surface area contributed by atoms with Crippen LogP contribution in [0.25, 0.3) is 0 Å². The van der Waals surface area contributed by atoms with E-state index in [-0.39, 0.29) is 32.7 Å². The molecule has 0 radical (unpaired) electrons. The molecule has 7 nitrogen and oxygen atoms in total. The minimum absolute atomic E-state index is 0.00211. The molecule has 1 aromatic carbocycles. The number of nitrogens with one attached hydrogen (secondary N) is 1. The van der Waals surface area contributed by atoms with Crippen LogP contribution in [0.15, 0.2) is 42.0 Å². The van der Waals surface area contributed by atoms with Crippen LogP contribution in [0.2, 0.25) is 0 Å². The highest BCUT2D eigenvalue weighted by molar-refractivity contribution is 7.81. The van der Waals surface area contributed by atoms with Gasteiger partial charge in [0, 0.05) is 24.9 Å². The molecule has 0 spiro atoms. The van der Waals surface area contributed by atoms with Gasteiger partial charge in [-0.25, -0.2) is 4.79 Å². The zero-order valence-corrected chi connectivity index (χ0v) is 19.9. The van der Waals surface area contributed by atoms with Gasteiger partial charge in [0.2, 0.25) is 0 Å². The Morgan fingerprint density at radius 1 is 1.34 bits per heavy atom. The molecule has 1 fully saturated rings. The third-order valence-corrected chi connectivity index (χ3v) is 6.25. The van der Waals surface area contributed by atoms with Crippen molar-refractivity contribution in [3.05, 3.63) is 47.5 Å². The van der Waals surface area contributed by atoms with Gasteiger partial charge >= 0.3 is 6.09 Å².